The number of fused-ring (bicyclic) bond motifs is 3. The number of hydrogen-bond acceptors (Lipinski definition) is 6. The van der Waals surface area contributed by atoms with Crippen LogP contribution >= 0.6 is 11.8 Å². The molecule has 9 heteroatoms. The number of benzene rings is 2. The number of aliphatic imine (C=N–C) groups is 2. The molecule has 2 N–H and O–H groups in total. The third kappa shape index (κ3) is 6.24. The van der Waals surface area contributed by atoms with E-state index >= 15 is 0 Å². The van der Waals surface area contributed by atoms with Crippen molar-refractivity contribution in [2.24, 2.45) is 9.98 Å². The molecule has 2 heterocycles. The normalized spacial score (nSPS) is 19.5. The van der Waals surface area contributed by atoms with Gasteiger partial charge in [-0.2, -0.15) is 0 Å². The summed E-state index contributed by atoms with van der Waals surface area (Å²) in [6, 6.07) is 14.9. The van der Waals surface area contributed by atoms with Crippen LogP contribution in [0, 0.1) is 6.92 Å². The SMILES string of the molecule is CC[C@H](SC1=Nc2ccccc2C2=N[C@@H](CC(=O)NC3CCCCC3)C(=O)N12)C(=O)NCc1ccc(C)cc1. The highest BCUT2D eigenvalue weighted by Crippen LogP contribution is 2.35. The largest absolute Gasteiger partial charge is 0.353 e. The van der Waals surface area contributed by atoms with Gasteiger partial charge >= 0.3 is 0 Å². The summed E-state index contributed by atoms with van der Waals surface area (Å²) in [5, 5.41) is 6.10. The molecule has 0 unspecified atom stereocenters. The molecule has 1 fully saturated rings. The number of aryl methyl sites for hydroxylation is 1. The molecule has 0 bridgehead atoms. The lowest BCUT2D eigenvalue weighted by Crippen LogP contribution is -2.44. The topological polar surface area (TPSA) is 103 Å². The summed E-state index contributed by atoms with van der Waals surface area (Å²) in [5.74, 6) is -0.0399. The number of amidine groups is 2. The Bertz CT molecular complexity index is 1300. The van der Waals surface area contributed by atoms with Crippen molar-refractivity contribution in [2.75, 3.05) is 0 Å². The lowest BCUT2D eigenvalue weighted by Gasteiger charge is -2.27. The van der Waals surface area contributed by atoms with E-state index in [9.17, 15) is 14.4 Å². The van der Waals surface area contributed by atoms with Gasteiger partial charge in [0, 0.05) is 18.2 Å². The number of carbonyl (C=O) groups excluding carboxylic acids is 3. The minimum absolute atomic E-state index is 0.00366. The number of nitrogens with zero attached hydrogens (tertiary/aromatic N) is 3. The first-order valence-corrected chi connectivity index (χ1v) is 14.7. The summed E-state index contributed by atoms with van der Waals surface area (Å²) >= 11 is 1.27. The second-order valence-corrected chi connectivity index (χ2v) is 11.5. The molecule has 1 aliphatic carbocycles. The number of rotatable bonds is 8. The fourth-order valence-electron chi connectivity index (χ4n) is 5.18. The average molecular weight is 546 g/mol. The molecule has 0 saturated heterocycles. The van der Waals surface area contributed by atoms with Crippen molar-refractivity contribution in [1.29, 1.82) is 0 Å². The van der Waals surface area contributed by atoms with Gasteiger partial charge in [-0.25, -0.2) is 9.89 Å². The maximum Gasteiger partial charge on any atom is 0.259 e. The fourth-order valence-corrected chi connectivity index (χ4v) is 6.23. The van der Waals surface area contributed by atoms with E-state index in [2.05, 4.69) is 10.6 Å². The molecule has 0 radical (unpaired) electrons. The van der Waals surface area contributed by atoms with Crippen molar-refractivity contribution in [3.8, 4) is 0 Å². The Kier molecular flexibility index (Phi) is 8.45. The summed E-state index contributed by atoms with van der Waals surface area (Å²) in [7, 11) is 0. The van der Waals surface area contributed by atoms with E-state index in [1.165, 1.54) is 28.6 Å². The van der Waals surface area contributed by atoms with E-state index in [1.807, 2.05) is 62.4 Å². The molecular formula is C30H35N5O3S. The van der Waals surface area contributed by atoms with E-state index in [4.69, 9.17) is 9.98 Å². The zero-order chi connectivity index (χ0) is 27.4. The van der Waals surface area contributed by atoms with Crippen molar-refractivity contribution >= 4 is 46.2 Å². The zero-order valence-electron chi connectivity index (χ0n) is 22.5. The van der Waals surface area contributed by atoms with Crippen LogP contribution in [0.15, 0.2) is 58.5 Å². The van der Waals surface area contributed by atoms with E-state index in [1.54, 1.807) is 0 Å². The number of carbonyl (C=O) groups is 3. The zero-order valence-corrected chi connectivity index (χ0v) is 23.3. The Hall–Kier alpha value is -3.46. The van der Waals surface area contributed by atoms with Gasteiger partial charge in [0.2, 0.25) is 11.8 Å². The van der Waals surface area contributed by atoms with Crippen molar-refractivity contribution in [2.45, 2.75) is 82.7 Å². The Labute approximate surface area is 233 Å². The third-order valence-corrected chi connectivity index (χ3v) is 8.71. The van der Waals surface area contributed by atoms with Gasteiger partial charge in [-0.1, -0.05) is 79.9 Å². The highest BCUT2D eigenvalue weighted by Gasteiger charge is 2.43. The lowest BCUT2D eigenvalue weighted by atomic mass is 9.95. The molecule has 3 aliphatic rings. The first-order chi connectivity index (χ1) is 18.9. The van der Waals surface area contributed by atoms with Crippen LogP contribution in [0.25, 0.3) is 0 Å². The lowest BCUT2D eigenvalue weighted by molar-refractivity contribution is -0.129. The van der Waals surface area contributed by atoms with Gasteiger partial charge in [-0.15, -0.1) is 0 Å². The maximum absolute atomic E-state index is 13.6. The second kappa shape index (κ2) is 12.2. The van der Waals surface area contributed by atoms with Crippen LogP contribution in [-0.4, -0.2) is 51.0 Å². The first kappa shape index (κ1) is 27.1. The van der Waals surface area contributed by atoms with Crippen LogP contribution in [0.2, 0.25) is 0 Å². The minimum Gasteiger partial charge on any atom is -0.353 e. The molecule has 8 nitrogen and oxygen atoms in total. The number of para-hydroxylation sites is 1. The van der Waals surface area contributed by atoms with Gasteiger partial charge in [0.15, 0.2) is 5.17 Å². The average Bonchev–Trinajstić information content (AvgIpc) is 3.27. The van der Waals surface area contributed by atoms with Crippen LogP contribution in [0.1, 0.15) is 68.6 Å². The van der Waals surface area contributed by atoms with Crippen LogP contribution in [-0.2, 0) is 20.9 Å². The Morgan fingerprint density at radius 1 is 1.08 bits per heavy atom. The smallest absolute Gasteiger partial charge is 0.259 e. The van der Waals surface area contributed by atoms with Crippen molar-refractivity contribution in [3.05, 3.63) is 65.2 Å². The molecule has 2 aromatic carbocycles. The van der Waals surface area contributed by atoms with Crippen LogP contribution < -0.4 is 10.6 Å². The molecule has 2 aliphatic heterocycles. The number of hydrogen-bond donors (Lipinski definition) is 2. The van der Waals surface area contributed by atoms with E-state index in [0.717, 1.165) is 36.8 Å². The molecule has 1 saturated carbocycles. The van der Waals surface area contributed by atoms with Crippen LogP contribution in [0.3, 0.4) is 0 Å². The Balaban J connectivity index is 1.30. The number of amides is 3. The van der Waals surface area contributed by atoms with Gasteiger partial charge in [0.05, 0.1) is 17.4 Å². The fraction of sp³-hybridized carbons (Fsp3) is 0.433. The maximum atomic E-state index is 13.6. The minimum atomic E-state index is -0.809. The van der Waals surface area contributed by atoms with Crippen LogP contribution in [0.4, 0.5) is 5.69 Å². The van der Waals surface area contributed by atoms with Gasteiger partial charge in [0.1, 0.15) is 11.9 Å². The molecule has 3 amide bonds. The highest BCUT2D eigenvalue weighted by molar-refractivity contribution is 8.15. The van der Waals surface area contributed by atoms with Crippen molar-refractivity contribution < 1.29 is 14.4 Å². The second-order valence-electron chi connectivity index (χ2n) is 10.4. The molecular weight excluding hydrogens is 510 g/mol. The summed E-state index contributed by atoms with van der Waals surface area (Å²) in [5.41, 5.74) is 3.64. The molecule has 5 rings (SSSR count). The first-order valence-electron chi connectivity index (χ1n) is 13.8. The van der Waals surface area contributed by atoms with Gasteiger partial charge < -0.3 is 10.6 Å². The van der Waals surface area contributed by atoms with E-state index < -0.39 is 11.3 Å². The predicted octanol–water partition coefficient (Wildman–Crippen LogP) is 4.62. The predicted molar refractivity (Wildman–Crippen MR) is 155 cm³/mol. The summed E-state index contributed by atoms with van der Waals surface area (Å²) in [6.45, 7) is 4.40. The van der Waals surface area contributed by atoms with Gasteiger partial charge in [0.25, 0.3) is 5.91 Å². The standard InChI is InChI=1S/C30H35N5O3S/c1-3-25(28(37)31-18-20-15-13-19(2)14-16-20)39-30-34-23-12-8-7-11-22(23)27-33-24(29(38)35(27)30)17-26(36)32-21-9-5-4-6-10-21/h7-8,11-16,21,24-25H,3-6,9-10,17-18H2,1-2H3,(H,31,37)(H,32,36)/t24-,25-/m0/s1. The molecule has 0 aromatic heterocycles. The monoisotopic (exact) mass is 545 g/mol. The Morgan fingerprint density at radius 2 is 1.82 bits per heavy atom. The van der Waals surface area contributed by atoms with Crippen molar-refractivity contribution in [1.82, 2.24) is 15.5 Å². The summed E-state index contributed by atoms with van der Waals surface area (Å²) in [4.78, 5) is 50.5. The van der Waals surface area contributed by atoms with Gasteiger partial charge in [-0.3, -0.25) is 19.4 Å². The molecule has 2 atom stereocenters. The molecule has 204 valence electrons. The van der Waals surface area contributed by atoms with Gasteiger partial charge in [-0.05, 0) is 43.9 Å². The van der Waals surface area contributed by atoms with Crippen molar-refractivity contribution in [3.63, 3.8) is 0 Å². The van der Waals surface area contributed by atoms with E-state index in [0.29, 0.717) is 29.7 Å². The summed E-state index contributed by atoms with van der Waals surface area (Å²) in [6.07, 6.45) is 5.98. The number of nitrogens with one attached hydrogen (secondary N) is 2. The molecule has 39 heavy (non-hydrogen) atoms. The Morgan fingerprint density at radius 3 is 2.56 bits per heavy atom. The number of thioether (sulfide) groups is 1. The highest BCUT2D eigenvalue weighted by atomic mass is 32.2. The third-order valence-electron chi connectivity index (χ3n) is 7.39. The molecule has 0 spiro atoms. The van der Waals surface area contributed by atoms with Crippen LogP contribution in [0.5, 0.6) is 0 Å². The van der Waals surface area contributed by atoms with E-state index in [-0.39, 0.29) is 30.2 Å². The summed E-state index contributed by atoms with van der Waals surface area (Å²) < 4.78 is 0. The quantitative estimate of drug-likeness (QED) is 0.505. The molecule has 2 aromatic rings.